The Balaban J connectivity index is 2.00. The second-order valence-corrected chi connectivity index (χ2v) is 7.49. The van der Waals surface area contributed by atoms with Crippen molar-refractivity contribution in [1.29, 1.82) is 0 Å². The van der Waals surface area contributed by atoms with Gasteiger partial charge in [0.15, 0.2) is 6.61 Å². The molecule has 0 saturated heterocycles. The van der Waals surface area contributed by atoms with Crippen LogP contribution in [0.3, 0.4) is 0 Å². The zero-order chi connectivity index (χ0) is 21.3. The lowest BCUT2D eigenvalue weighted by Gasteiger charge is -2.11. The van der Waals surface area contributed by atoms with E-state index in [1.165, 1.54) is 30.3 Å². The zero-order valence-electron chi connectivity index (χ0n) is 15.9. The van der Waals surface area contributed by atoms with Gasteiger partial charge in [0.2, 0.25) is 10.0 Å². The summed E-state index contributed by atoms with van der Waals surface area (Å²) in [5.41, 5.74) is 0.464. The molecule has 1 amide bonds. The molecule has 0 spiro atoms. The highest BCUT2D eigenvalue weighted by Crippen LogP contribution is 2.23. The van der Waals surface area contributed by atoms with Crippen molar-refractivity contribution in [3.8, 4) is 5.75 Å². The third-order valence-electron chi connectivity index (χ3n) is 3.59. The molecule has 2 rings (SSSR count). The molecule has 2 aromatic carbocycles. The second-order valence-electron chi connectivity index (χ2n) is 5.72. The first-order valence-electron chi connectivity index (χ1n) is 8.76. The van der Waals surface area contributed by atoms with Crippen molar-refractivity contribution in [3.05, 3.63) is 66.7 Å². The quantitative estimate of drug-likeness (QED) is 0.453. The largest absolute Gasteiger partial charge is 0.492 e. The van der Waals surface area contributed by atoms with Crippen LogP contribution in [0.15, 0.2) is 66.1 Å². The molecule has 2 aromatic rings. The lowest BCUT2D eigenvalue weighted by molar-refractivity contribution is -0.119. The van der Waals surface area contributed by atoms with Crippen molar-refractivity contribution in [2.24, 2.45) is 0 Å². The van der Waals surface area contributed by atoms with Crippen LogP contribution in [0.4, 0.5) is 5.69 Å². The maximum absolute atomic E-state index is 12.2. The Morgan fingerprint density at radius 2 is 1.90 bits per heavy atom. The van der Waals surface area contributed by atoms with E-state index >= 15 is 0 Å². The minimum Gasteiger partial charge on any atom is -0.492 e. The summed E-state index contributed by atoms with van der Waals surface area (Å²) in [5.74, 6) is -0.874. The van der Waals surface area contributed by atoms with E-state index in [0.717, 1.165) is 0 Å². The maximum atomic E-state index is 12.2. The number of esters is 1. The van der Waals surface area contributed by atoms with Crippen molar-refractivity contribution in [2.75, 3.05) is 25.1 Å². The second kappa shape index (κ2) is 10.4. The van der Waals surface area contributed by atoms with Gasteiger partial charge in [0.05, 0.1) is 22.8 Å². The molecular formula is C20H22N2O6S. The van der Waals surface area contributed by atoms with Gasteiger partial charge in [-0.1, -0.05) is 24.3 Å². The highest BCUT2D eigenvalue weighted by Gasteiger charge is 2.17. The highest BCUT2D eigenvalue weighted by atomic mass is 32.2. The van der Waals surface area contributed by atoms with E-state index in [1.54, 1.807) is 24.3 Å². The van der Waals surface area contributed by atoms with E-state index in [9.17, 15) is 18.0 Å². The van der Waals surface area contributed by atoms with E-state index in [2.05, 4.69) is 16.6 Å². The number of ether oxygens (including phenoxy) is 2. The van der Waals surface area contributed by atoms with Gasteiger partial charge in [0.1, 0.15) is 5.75 Å². The molecule has 8 nitrogen and oxygen atoms in total. The fourth-order valence-corrected chi connectivity index (χ4v) is 3.34. The smallest absolute Gasteiger partial charge is 0.338 e. The Labute approximate surface area is 169 Å². The van der Waals surface area contributed by atoms with Gasteiger partial charge in [-0.25, -0.2) is 17.9 Å². The minimum absolute atomic E-state index is 0.00833. The Kier molecular flexibility index (Phi) is 7.93. The Morgan fingerprint density at radius 1 is 1.14 bits per heavy atom. The molecule has 0 aliphatic heterocycles. The highest BCUT2D eigenvalue weighted by molar-refractivity contribution is 7.89. The Morgan fingerprint density at radius 3 is 2.62 bits per heavy atom. The molecule has 0 aliphatic rings. The molecule has 2 N–H and O–H groups in total. The predicted molar refractivity (Wildman–Crippen MR) is 108 cm³/mol. The van der Waals surface area contributed by atoms with Crippen molar-refractivity contribution in [3.63, 3.8) is 0 Å². The molecular weight excluding hydrogens is 396 g/mol. The van der Waals surface area contributed by atoms with Gasteiger partial charge in [0.25, 0.3) is 5.91 Å². The fraction of sp³-hybridized carbons (Fsp3) is 0.200. The van der Waals surface area contributed by atoms with E-state index < -0.39 is 28.5 Å². The average molecular weight is 418 g/mol. The van der Waals surface area contributed by atoms with Gasteiger partial charge < -0.3 is 14.8 Å². The van der Waals surface area contributed by atoms with Gasteiger partial charge >= 0.3 is 5.97 Å². The SMILES string of the molecule is C=CCNS(=O)(=O)c1cccc(C(=O)OCC(=O)Nc2ccccc2OCC)c1. The van der Waals surface area contributed by atoms with Gasteiger partial charge in [-0.05, 0) is 37.3 Å². The summed E-state index contributed by atoms with van der Waals surface area (Å²) in [6, 6.07) is 12.2. The normalized spacial score (nSPS) is 10.8. The molecule has 154 valence electrons. The van der Waals surface area contributed by atoms with Crippen LogP contribution < -0.4 is 14.8 Å². The Bertz CT molecular complexity index is 988. The third kappa shape index (κ3) is 6.44. The number of benzene rings is 2. The number of nitrogens with one attached hydrogen (secondary N) is 2. The van der Waals surface area contributed by atoms with E-state index in [1.807, 2.05) is 6.92 Å². The number of para-hydroxylation sites is 2. The van der Waals surface area contributed by atoms with Crippen LogP contribution in [-0.2, 0) is 19.6 Å². The number of carbonyl (C=O) groups excluding carboxylic acids is 2. The lowest BCUT2D eigenvalue weighted by Crippen LogP contribution is -2.24. The van der Waals surface area contributed by atoms with Crippen LogP contribution in [-0.4, -0.2) is 40.1 Å². The van der Waals surface area contributed by atoms with Crippen LogP contribution in [0, 0.1) is 0 Å². The number of carbonyl (C=O) groups is 2. The molecule has 9 heteroatoms. The van der Waals surface area contributed by atoms with Crippen LogP contribution in [0.25, 0.3) is 0 Å². The number of sulfonamides is 1. The molecule has 0 aromatic heterocycles. The molecule has 0 atom stereocenters. The molecule has 0 fully saturated rings. The predicted octanol–water partition coefficient (Wildman–Crippen LogP) is 2.35. The summed E-state index contributed by atoms with van der Waals surface area (Å²) in [4.78, 5) is 24.2. The van der Waals surface area contributed by atoms with Crippen LogP contribution >= 0.6 is 0 Å². The molecule has 0 bridgehead atoms. The number of anilines is 1. The van der Waals surface area contributed by atoms with E-state index in [-0.39, 0.29) is 17.0 Å². The van der Waals surface area contributed by atoms with Crippen molar-refractivity contribution in [2.45, 2.75) is 11.8 Å². The molecule has 0 unspecified atom stereocenters. The molecule has 0 heterocycles. The lowest BCUT2D eigenvalue weighted by atomic mass is 10.2. The van der Waals surface area contributed by atoms with Crippen LogP contribution in [0.2, 0.25) is 0 Å². The molecule has 0 saturated carbocycles. The van der Waals surface area contributed by atoms with Gasteiger partial charge in [-0.2, -0.15) is 0 Å². The summed E-state index contributed by atoms with van der Waals surface area (Å²) < 4.78 is 37.0. The third-order valence-corrected chi connectivity index (χ3v) is 5.01. The first-order chi connectivity index (χ1) is 13.9. The summed E-state index contributed by atoms with van der Waals surface area (Å²) in [6.45, 7) is 5.22. The first kappa shape index (κ1) is 22.1. The summed E-state index contributed by atoms with van der Waals surface area (Å²) >= 11 is 0. The zero-order valence-corrected chi connectivity index (χ0v) is 16.7. The van der Waals surface area contributed by atoms with Crippen molar-refractivity contribution >= 4 is 27.6 Å². The van der Waals surface area contributed by atoms with Gasteiger partial charge in [-0.15, -0.1) is 6.58 Å². The average Bonchev–Trinajstić information content (AvgIpc) is 2.72. The van der Waals surface area contributed by atoms with Crippen LogP contribution in [0.1, 0.15) is 17.3 Å². The number of amides is 1. The number of hydrogen-bond acceptors (Lipinski definition) is 6. The van der Waals surface area contributed by atoms with Crippen molar-refractivity contribution in [1.82, 2.24) is 4.72 Å². The fourth-order valence-electron chi connectivity index (χ4n) is 2.29. The molecule has 29 heavy (non-hydrogen) atoms. The first-order valence-corrected chi connectivity index (χ1v) is 10.2. The van der Waals surface area contributed by atoms with E-state index in [4.69, 9.17) is 9.47 Å². The number of hydrogen-bond donors (Lipinski definition) is 2. The van der Waals surface area contributed by atoms with Gasteiger partial charge in [-0.3, -0.25) is 4.79 Å². The van der Waals surface area contributed by atoms with Gasteiger partial charge in [0, 0.05) is 6.54 Å². The standard InChI is InChI=1S/C20H22N2O6S/c1-3-12-21-29(25,26)16-9-7-8-15(13-16)20(24)28-14-19(23)22-17-10-5-6-11-18(17)27-4-2/h3,5-11,13,21H,1,4,12,14H2,2H3,(H,22,23). The summed E-state index contributed by atoms with van der Waals surface area (Å²) in [6.07, 6.45) is 1.40. The summed E-state index contributed by atoms with van der Waals surface area (Å²) in [7, 11) is -3.78. The van der Waals surface area contributed by atoms with E-state index in [0.29, 0.717) is 18.0 Å². The maximum Gasteiger partial charge on any atom is 0.338 e. The molecule has 0 aliphatic carbocycles. The minimum atomic E-state index is -3.78. The Hall–Kier alpha value is -3.17. The summed E-state index contributed by atoms with van der Waals surface area (Å²) in [5, 5.41) is 2.60. The number of rotatable bonds is 10. The van der Waals surface area contributed by atoms with Crippen LogP contribution in [0.5, 0.6) is 5.75 Å². The topological polar surface area (TPSA) is 111 Å². The molecule has 0 radical (unpaired) electrons. The van der Waals surface area contributed by atoms with Crippen molar-refractivity contribution < 1.29 is 27.5 Å². The monoisotopic (exact) mass is 418 g/mol.